The van der Waals surface area contributed by atoms with Crippen LogP contribution in [0, 0.1) is 6.92 Å². The lowest BCUT2D eigenvalue weighted by Crippen LogP contribution is -2.12. The van der Waals surface area contributed by atoms with E-state index in [1.54, 1.807) is 37.5 Å². The SMILES string of the molecule is COc1ccc(COc2ccc3c(c2C)O/C(=C\c2cc(Cl)cc4c2OCOC4)C3=O)cc1. The van der Waals surface area contributed by atoms with Gasteiger partial charge >= 0.3 is 0 Å². The number of Topliss-reactive ketones (excluding diaryl/α,β-unsaturated/α-hetero) is 1. The minimum Gasteiger partial charge on any atom is -0.497 e. The molecule has 33 heavy (non-hydrogen) atoms. The van der Waals surface area contributed by atoms with Crippen LogP contribution in [0.4, 0.5) is 0 Å². The van der Waals surface area contributed by atoms with Crippen molar-refractivity contribution in [1.29, 1.82) is 0 Å². The average molecular weight is 465 g/mol. The van der Waals surface area contributed by atoms with Crippen LogP contribution in [0.3, 0.4) is 0 Å². The van der Waals surface area contributed by atoms with Crippen molar-refractivity contribution in [3.63, 3.8) is 0 Å². The average Bonchev–Trinajstić information content (AvgIpc) is 3.15. The Morgan fingerprint density at radius 1 is 1.09 bits per heavy atom. The van der Waals surface area contributed by atoms with Crippen LogP contribution < -0.4 is 18.9 Å². The Bertz CT molecular complexity index is 1260. The molecule has 6 nitrogen and oxygen atoms in total. The zero-order valence-electron chi connectivity index (χ0n) is 18.1. The van der Waals surface area contributed by atoms with E-state index in [1.165, 1.54) is 0 Å². The van der Waals surface area contributed by atoms with Crippen LogP contribution in [0.15, 0.2) is 54.3 Å². The topological polar surface area (TPSA) is 63.2 Å². The summed E-state index contributed by atoms with van der Waals surface area (Å²) in [5.41, 5.74) is 3.76. The number of benzene rings is 3. The third kappa shape index (κ3) is 4.15. The second-order valence-corrected chi connectivity index (χ2v) is 8.17. The maximum absolute atomic E-state index is 13.0. The third-order valence-corrected chi connectivity index (χ3v) is 5.80. The van der Waals surface area contributed by atoms with E-state index in [9.17, 15) is 4.79 Å². The molecule has 2 aliphatic rings. The number of carbonyl (C=O) groups excluding carboxylic acids is 1. The number of carbonyl (C=O) groups is 1. The number of fused-ring (bicyclic) bond motifs is 2. The van der Waals surface area contributed by atoms with E-state index in [1.807, 2.05) is 31.2 Å². The summed E-state index contributed by atoms with van der Waals surface area (Å²) < 4.78 is 28.1. The Morgan fingerprint density at radius 2 is 1.91 bits per heavy atom. The van der Waals surface area contributed by atoms with E-state index in [4.69, 9.17) is 35.3 Å². The van der Waals surface area contributed by atoms with Gasteiger partial charge in [0.15, 0.2) is 12.6 Å². The molecule has 3 aromatic rings. The van der Waals surface area contributed by atoms with Crippen molar-refractivity contribution in [3.05, 3.63) is 87.1 Å². The smallest absolute Gasteiger partial charge is 0.231 e. The van der Waals surface area contributed by atoms with Gasteiger partial charge in [0.05, 0.1) is 19.3 Å². The Kier molecular flexibility index (Phi) is 5.70. The normalized spacial score (nSPS) is 15.5. The molecule has 2 heterocycles. The van der Waals surface area contributed by atoms with Gasteiger partial charge < -0.3 is 23.7 Å². The van der Waals surface area contributed by atoms with Gasteiger partial charge in [-0.15, -0.1) is 0 Å². The predicted octanol–water partition coefficient (Wildman–Crippen LogP) is 5.72. The molecular formula is C26H21ClO6. The Morgan fingerprint density at radius 3 is 2.70 bits per heavy atom. The first kappa shape index (κ1) is 21.4. The fraction of sp³-hybridized carbons (Fsp3) is 0.192. The van der Waals surface area contributed by atoms with Crippen molar-refractivity contribution in [3.8, 4) is 23.0 Å². The van der Waals surface area contributed by atoms with Gasteiger partial charge in [0, 0.05) is 21.7 Å². The zero-order valence-corrected chi connectivity index (χ0v) is 18.9. The van der Waals surface area contributed by atoms with E-state index in [-0.39, 0.29) is 18.3 Å². The summed E-state index contributed by atoms with van der Waals surface area (Å²) in [5, 5.41) is 0.531. The van der Waals surface area contributed by atoms with E-state index in [0.29, 0.717) is 46.6 Å². The van der Waals surface area contributed by atoms with Crippen LogP contribution in [0.1, 0.15) is 32.6 Å². The number of halogens is 1. The minimum absolute atomic E-state index is 0.147. The fourth-order valence-electron chi connectivity index (χ4n) is 3.86. The molecule has 0 saturated carbocycles. The molecule has 2 aliphatic heterocycles. The minimum atomic E-state index is -0.199. The van der Waals surface area contributed by atoms with Gasteiger partial charge in [-0.25, -0.2) is 0 Å². The van der Waals surface area contributed by atoms with Crippen LogP contribution in [0.5, 0.6) is 23.0 Å². The molecular weight excluding hydrogens is 444 g/mol. The summed E-state index contributed by atoms with van der Waals surface area (Å²) in [7, 11) is 1.63. The van der Waals surface area contributed by atoms with Crippen molar-refractivity contribution < 1.29 is 28.5 Å². The number of hydrogen-bond donors (Lipinski definition) is 0. The highest BCUT2D eigenvalue weighted by Gasteiger charge is 2.31. The molecule has 0 fully saturated rings. The summed E-state index contributed by atoms with van der Waals surface area (Å²) in [6.45, 7) is 2.80. The van der Waals surface area contributed by atoms with E-state index < -0.39 is 0 Å². The van der Waals surface area contributed by atoms with Crippen LogP contribution in [-0.4, -0.2) is 19.7 Å². The summed E-state index contributed by atoms with van der Waals surface area (Å²) in [6, 6.07) is 14.7. The maximum atomic E-state index is 13.0. The molecule has 0 aromatic heterocycles. The molecule has 0 saturated heterocycles. The van der Waals surface area contributed by atoms with Crippen LogP contribution in [-0.2, 0) is 18.0 Å². The molecule has 0 amide bonds. The maximum Gasteiger partial charge on any atom is 0.231 e. The Labute approximate surface area is 196 Å². The summed E-state index contributed by atoms with van der Waals surface area (Å²) >= 11 is 6.25. The van der Waals surface area contributed by atoms with Gasteiger partial charge in [-0.2, -0.15) is 0 Å². The first-order valence-electron chi connectivity index (χ1n) is 10.4. The molecule has 7 heteroatoms. The molecule has 0 bridgehead atoms. The van der Waals surface area contributed by atoms with Crippen molar-refractivity contribution in [2.75, 3.05) is 13.9 Å². The molecule has 3 aromatic carbocycles. The fourth-order valence-corrected chi connectivity index (χ4v) is 4.11. The van der Waals surface area contributed by atoms with Gasteiger partial charge in [-0.1, -0.05) is 23.7 Å². The molecule has 0 atom stereocenters. The van der Waals surface area contributed by atoms with Crippen molar-refractivity contribution >= 4 is 23.5 Å². The van der Waals surface area contributed by atoms with Crippen LogP contribution in [0.25, 0.3) is 6.08 Å². The number of ketones is 1. The number of rotatable bonds is 5. The molecule has 0 unspecified atom stereocenters. The van der Waals surface area contributed by atoms with Crippen molar-refractivity contribution in [2.24, 2.45) is 0 Å². The highest BCUT2D eigenvalue weighted by atomic mass is 35.5. The second kappa shape index (κ2) is 8.81. The van der Waals surface area contributed by atoms with E-state index in [2.05, 4.69) is 0 Å². The van der Waals surface area contributed by atoms with Gasteiger partial charge in [0.1, 0.15) is 29.6 Å². The first-order valence-corrected chi connectivity index (χ1v) is 10.8. The molecule has 168 valence electrons. The van der Waals surface area contributed by atoms with Crippen LogP contribution in [0.2, 0.25) is 5.02 Å². The third-order valence-electron chi connectivity index (χ3n) is 5.58. The van der Waals surface area contributed by atoms with Crippen molar-refractivity contribution in [1.82, 2.24) is 0 Å². The van der Waals surface area contributed by atoms with Crippen molar-refractivity contribution in [2.45, 2.75) is 20.1 Å². The molecule has 0 N–H and O–H groups in total. The molecule has 0 spiro atoms. The lowest BCUT2D eigenvalue weighted by Gasteiger charge is -2.20. The van der Waals surface area contributed by atoms with Gasteiger partial charge in [-0.3, -0.25) is 4.79 Å². The highest BCUT2D eigenvalue weighted by molar-refractivity contribution is 6.31. The number of ether oxygens (including phenoxy) is 5. The highest BCUT2D eigenvalue weighted by Crippen LogP contribution is 2.41. The predicted molar refractivity (Wildman–Crippen MR) is 123 cm³/mol. The standard InChI is InChI=1S/C26H21ClO6/c1-15-22(31-12-16-3-5-20(29-2)6-4-16)8-7-21-24(28)23(33-25(15)21)11-17-9-19(27)10-18-13-30-14-32-26(17)18/h3-11H,12-14H2,1-2H3/b23-11-. The molecule has 0 aliphatic carbocycles. The Hall–Kier alpha value is -3.48. The van der Waals surface area contributed by atoms with Gasteiger partial charge in [0.25, 0.3) is 0 Å². The summed E-state index contributed by atoms with van der Waals surface area (Å²) in [4.78, 5) is 13.0. The van der Waals surface area contributed by atoms with E-state index in [0.717, 1.165) is 22.4 Å². The number of methoxy groups -OCH3 is 1. The number of allylic oxidation sites excluding steroid dienone is 1. The summed E-state index contributed by atoms with van der Waals surface area (Å²) in [5.74, 6) is 2.59. The van der Waals surface area contributed by atoms with Gasteiger partial charge in [0.2, 0.25) is 5.78 Å². The zero-order chi connectivity index (χ0) is 22.9. The number of hydrogen-bond acceptors (Lipinski definition) is 6. The lowest BCUT2D eigenvalue weighted by atomic mass is 10.0. The second-order valence-electron chi connectivity index (χ2n) is 7.74. The molecule has 5 rings (SSSR count). The quantitative estimate of drug-likeness (QED) is 0.450. The first-order chi connectivity index (χ1) is 16.0. The monoisotopic (exact) mass is 464 g/mol. The Balaban J connectivity index is 1.40. The largest absolute Gasteiger partial charge is 0.497 e. The van der Waals surface area contributed by atoms with Gasteiger partial charge in [-0.05, 0) is 55.0 Å². The van der Waals surface area contributed by atoms with Crippen LogP contribution >= 0.6 is 11.6 Å². The van der Waals surface area contributed by atoms with E-state index >= 15 is 0 Å². The summed E-state index contributed by atoms with van der Waals surface area (Å²) in [6.07, 6.45) is 1.66. The lowest BCUT2D eigenvalue weighted by molar-refractivity contribution is -0.0165. The molecule has 0 radical (unpaired) electrons.